The average molecular weight is 404 g/mol. The lowest BCUT2D eigenvalue weighted by atomic mass is 9.99. The van der Waals surface area contributed by atoms with Gasteiger partial charge in [0.2, 0.25) is 5.75 Å². The summed E-state index contributed by atoms with van der Waals surface area (Å²) >= 11 is 1.68. The smallest absolute Gasteiger partial charge is 0.201 e. The second kappa shape index (κ2) is 6.71. The van der Waals surface area contributed by atoms with Crippen LogP contribution in [0.1, 0.15) is 13.8 Å². The van der Waals surface area contributed by atoms with Crippen LogP contribution in [0, 0.1) is 0 Å². The molecule has 0 aliphatic rings. The van der Waals surface area contributed by atoms with Gasteiger partial charge in [-0.2, -0.15) is 0 Å². The number of aromatic hydroxyl groups is 2. The lowest BCUT2D eigenvalue weighted by Gasteiger charge is -2.15. The van der Waals surface area contributed by atoms with Crippen LogP contribution in [0.15, 0.2) is 48.5 Å². The number of hydrogen-bond donors (Lipinski definition) is 2. The number of phenolic OH excluding ortho intramolecular Hbond substituents is 2. The lowest BCUT2D eigenvalue weighted by Crippen LogP contribution is -1.97. The lowest BCUT2D eigenvalue weighted by molar-refractivity contribution is 0.293. The second-order valence-electron chi connectivity index (χ2n) is 6.88. The zero-order valence-electron chi connectivity index (χ0n) is 16.2. The fourth-order valence-electron chi connectivity index (χ4n) is 4.04. The van der Waals surface area contributed by atoms with Crippen LogP contribution < -0.4 is 9.47 Å². The molecule has 0 radical (unpaired) electrons. The summed E-state index contributed by atoms with van der Waals surface area (Å²) in [4.78, 5) is 0. The molecule has 0 atom stereocenters. The molecule has 0 unspecified atom stereocenters. The third-order valence-corrected chi connectivity index (χ3v) is 6.41. The molecule has 4 nitrogen and oxygen atoms in total. The summed E-state index contributed by atoms with van der Waals surface area (Å²) in [6.45, 7) is 4.65. The average Bonchev–Trinajstić information content (AvgIpc) is 3.10. The van der Waals surface area contributed by atoms with Crippen LogP contribution >= 0.6 is 11.3 Å². The predicted octanol–water partition coefficient (Wildman–Crippen LogP) is 6.57. The fraction of sp³-hybridized carbons (Fsp3) is 0.167. The topological polar surface area (TPSA) is 58.9 Å². The second-order valence-corrected chi connectivity index (χ2v) is 7.93. The van der Waals surface area contributed by atoms with Crippen molar-refractivity contribution in [2.75, 3.05) is 13.2 Å². The van der Waals surface area contributed by atoms with Crippen molar-refractivity contribution < 1.29 is 19.7 Å². The molecule has 0 spiro atoms. The fourth-order valence-corrected chi connectivity index (χ4v) is 5.27. The summed E-state index contributed by atoms with van der Waals surface area (Å²) in [5.74, 6) is 1.10. The Bertz CT molecular complexity index is 1400. The van der Waals surface area contributed by atoms with E-state index >= 15 is 0 Å². The minimum Gasteiger partial charge on any atom is -0.507 e. The molecule has 1 heterocycles. The Balaban J connectivity index is 2.00. The minimum absolute atomic E-state index is 0.0121. The zero-order chi connectivity index (χ0) is 20.1. The number of thiophene rings is 1. The summed E-state index contributed by atoms with van der Waals surface area (Å²) in [6, 6.07) is 15.6. The Hall–Kier alpha value is -3.18. The van der Waals surface area contributed by atoms with Gasteiger partial charge in [-0.25, -0.2) is 0 Å². The Morgan fingerprint density at radius 1 is 0.828 bits per heavy atom. The van der Waals surface area contributed by atoms with Gasteiger partial charge in [0, 0.05) is 36.3 Å². The summed E-state index contributed by atoms with van der Waals surface area (Å²) in [5.41, 5.74) is 0. The maximum atomic E-state index is 10.8. The SMILES string of the molecule is CCOc1cc2ccc3sc4c5ccccc5c(O)cc4c3c2c(OCC)c1O. The van der Waals surface area contributed by atoms with Crippen molar-refractivity contribution in [3.05, 3.63) is 48.5 Å². The standard InChI is InChI=1S/C24H20O4S/c1-3-27-18-11-13-9-10-19-21(20(13)23(22(18)26)28-4-2)16-12-17(25)14-7-5-6-8-15(14)24(16)29-19/h5-12,25-26H,3-4H2,1-2H3. The highest BCUT2D eigenvalue weighted by Gasteiger charge is 2.21. The summed E-state index contributed by atoms with van der Waals surface area (Å²) in [5, 5.41) is 27.1. The molecule has 0 amide bonds. The number of hydrogen-bond acceptors (Lipinski definition) is 5. The van der Waals surface area contributed by atoms with Gasteiger partial charge in [-0.3, -0.25) is 0 Å². The third-order valence-electron chi connectivity index (χ3n) is 5.20. The maximum absolute atomic E-state index is 10.8. The molecule has 0 aliphatic heterocycles. The van der Waals surface area contributed by atoms with Crippen LogP contribution in [0.5, 0.6) is 23.0 Å². The molecule has 5 rings (SSSR count). The van der Waals surface area contributed by atoms with Gasteiger partial charge in [0.15, 0.2) is 11.5 Å². The van der Waals surface area contributed by atoms with Crippen LogP contribution in [-0.4, -0.2) is 23.4 Å². The summed E-state index contributed by atoms with van der Waals surface area (Å²) in [7, 11) is 0. The first-order valence-corrected chi connectivity index (χ1v) is 10.5. The van der Waals surface area contributed by atoms with Gasteiger partial charge in [-0.15, -0.1) is 11.3 Å². The van der Waals surface area contributed by atoms with E-state index in [2.05, 4.69) is 6.07 Å². The van der Waals surface area contributed by atoms with Crippen LogP contribution in [0.4, 0.5) is 0 Å². The molecule has 1 aromatic heterocycles. The quantitative estimate of drug-likeness (QED) is 0.356. The first-order valence-electron chi connectivity index (χ1n) is 9.65. The number of benzene rings is 4. The molecule has 0 saturated heterocycles. The molecular weight excluding hydrogens is 384 g/mol. The van der Waals surface area contributed by atoms with Crippen LogP contribution in [0.2, 0.25) is 0 Å². The molecule has 29 heavy (non-hydrogen) atoms. The first-order chi connectivity index (χ1) is 14.1. The molecule has 0 fully saturated rings. The minimum atomic E-state index is 0.0121. The molecule has 0 aliphatic carbocycles. The molecule has 0 saturated carbocycles. The highest BCUT2D eigenvalue weighted by molar-refractivity contribution is 7.27. The maximum Gasteiger partial charge on any atom is 0.201 e. The van der Waals surface area contributed by atoms with Crippen molar-refractivity contribution in [1.29, 1.82) is 0 Å². The van der Waals surface area contributed by atoms with Crippen molar-refractivity contribution in [1.82, 2.24) is 0 Å². The van der Waals surface area contributed by atoms with Gasteiger partial charge in [-0.05, 0) is 37.4 Å². The van der Waals surface area contributed by atoms with E-state index in [0.717, 1.165) is 41.7 Å². The zero-order valence-corrected chi connectivity index (χ0v) is 17.0. The van der Waals surface area contributed by atoms with E-state index in [1.165, 1.54) is 0 Å². The summed E-state index contributed by atoms with van der Waals surface area (Å²) < 4.78 is 13.7. The molecule has 0 bridgehead atoms. The Kier molecular flexibility index (Phi) is 4.14. The third kappa shape index (κ3) is 2.58. The first kappa shape index (κ1) is 17.9. The molecule has 5 aromatic rings. The van der Waals surface area contributed by atoms with Gasteiger partial charge in [0.25, 0.3) is 0 Å². The number of fused-ring (bicyclic) bond motifs is 7. The van der Waals surface area contributed by atoms with Crippen molar-refractivity contribution >= 4 is 53.1 Å². The Labute approximate surface area is 171 Å². The van der Waals surface area contributed by atoms with E-state index in [4.69, 9.17) is 9.47 Å². The monoisotopic (exact) mass is 404 g/mol. The van der Waals surface area contributed by atoms with Gasteiger partial charge in [-0.1, -0.05) is 30.3 Å². The predicted molar refractivity (Wildman–Crippen MR) is 120 cm³/mol. The Morgan fingerprint density at radius 3 is 2.34 bits per heavy atom. The molecule has 4 aromatic carbocycles. The molecule has 5 heteroatoms. The normalized spacial score (nSPS) is 11.7. The Morgan fingerprint density at radius 2 is 1.59 bits per heavy atom. The molecular formula is C24H20O4S. The van der Waals surface area contributed by atoms with Crippen molar-refractivity contribution in [2.45, 2.75) is 13.8 Å². The highest BCUT2D eigenvalue weighted by atomic mass is 32.1. The number of ether oxygens (including phenoxy) is 2. The number of rotatable bonds is 4. The van der Waals surface area contributed by atoms with Crippen LogP contribution in [0.25, 0.3) is 41.7 Å². The van der Waals surface area contributed by atoms with E-state index in [9.17, 15) is 10.2 Å². The van der Waals surface area contributed by atoms with Crippen LogP contribution in [0.3, 0.4) is 0 Å². The van der Waals surface area contributed by atoms with E-state index in [1.807, 2.05) is 56.3 Å². The molecule has 146 valence electrons. The van der Waals surface area contributed by atoms with Crippen molar-refractivity contribution in [2.24, 2.45) is 0 Å². The van der Waals surface area contributed by atoms with Crippen molar-refractivity contribution in [3.8, 4) is 23.0 Å². The van der Waals surface area contributed by atoms with E-state index in [0.29, 0.717) is 24.7 Å². The summed E-state index contributed by atoms with van der Waals surface area (Å²) in [6.07, 6.45) is 0. The van der Waals surface area contributed by atoms with Crippen LogP contribution in [-0.2, 0) is 0 Å². The van der Waals surface area contributed by atoms with Gasteiger partial charge in [0.05, 0.1) is 13.2 Å². The van der Waals surface area contributed by atoms with Gasteiger partial charge in [0.1, 0.15) is 5.75 Å². The van der Waals surface area contributed by atoms with E-state index < -0.39 is 0 Å². The van der Waals surface area contributed by atoms with Crippen molar-refractivity contribution in [3.63, 3.8) is 0 Å². The molecule has 2 N–H and O–H groups in total. The number of phenols is 2. The van der Waals surface area contributed by atoms with E-state index in [1.54, 1.807) is 11.3 Å². The van der Waals surface area contributed by atoms with Gasteiger partial charge >= 0.3 is 0 Å². The largest absolute Gasteiger partial charge is 0.507 e. The van der Waals surface area contributed by atoms with E-state index in [-0.39, 0.29) is 11.5 Å². The van der Waals surface area contributed by atoms with Gasteiger partial charge < -0.3 is 19.7 Å². The highest BCUT2D eigenvalue weighted by Crippen LogP contribution is 2.50.